The maximum atomic E-state index is 12.0. The minimum absolute atomic E-state index is 0.00810. The normalized spacial score (nSPS) is 21.6. The molecule has 0 aromatic carbocycles. The van der Waals surface area contributed by atoms with E-state index in [-0.39, 0.29) is 6.54 Å². The number of hydrogen-bond donors (Lipinski definition) is 2. The molecule has 1 atom stereocenters. The first-order chi connectivity index (χ1) is 7.20. The molecule has 1 aliphatic rings. The van der Waals surface area contributed by atoms with Crippen molar-refractivity contribution in [3.63, 3.8) is 0 Å². The third-order valence-electron chi connectivity index (χ3n) is 3.05. The van der Waals surface area contributed by atoms with Crippen LogP contribution in [-0.2, 0) is 0 Å². The van der Waals surface area contributed by atoms with Crippen molar-refractivity contribution in [3.8, 4) is 0 Å². The van der Waals surface area contributed by atoms with Crippen LogP contribution < -0.4 is 5.32 Å². The average Bonchev–Trinajstić information content (AvgIpc) is 2.46. The van der Waals surface area contributed by atoms with Crippen molar-refractivity contribution in [2.75, 3.05) is 13.1 Å². The Morgan fingerprint density at radius 3 is 2.27 bits per heavy atom. The molecule has 0 spiro atoms. The van der Waals surface area contributed by atoms with Gasteiger partial charge in [0.1, 0.15) is 6.10 Å². The maximum Gasteiger partial charge on any atom is 0.265 e. The molecule has 0 amide bonds. The summed E-state index contributed by atoms with van der Waals surface area (Å²) in [6.07, 6.45) is 3.34. The zero-order valence-corrected chi connectivity index (χ0v) is 9.09. The van der Waals surface area contributed by atoms with Crippen LogP contribution in [0, 0.1) is 5.92 Å². The number of alkyl halides is 2. The van der Waals surface area contributed by atoms with E-state index >= 15 is 0 Å². The molecule has 0 aliphatic heterocycles. The summed E-state index contributed by atoms with van der Waals surface area (Å²) < 4.78 is 23.9. The third-order valence-corrected chi connectivity index (χ3v) is 3.05. The molecule has 1 saturated carbocycles. The fraction of sp³-hybridized carbons (Fsp3) is 1.00. The Labute approximate surface area is 90.1 Å². The highest BCUT2D eigenvalue weighted by Gasteiger charge is 2.17. The molecule has 0 radical (unpaired) electrons. The fourth-order valence-electron chi connectivity index (χ4n) is 2.09. The maximum absolute atomic E-state index is 12.0. The Morgan fingerprint density at radius 2 is 1.73 bits per heavy atom. The first kappa shape index (κ1) is 12.8. The van der Waals surface area contributed by atoms with Crippen LogP contribution in [0.1, 0.15) is 38.5 Å². The molecule has 0 aromatic heterocycles. The van der Waals surface area contributed by atoms with Gasteiger partial charge in [-0.3, -0.25) is 0 Å². The summed E-state index contributed by atoms with van der Waals surface area (Å²) in [5, 5.41) is 11.8. The van der Waals surface area contributed by atoms with E-state index < -0.39 is 12.5 Å². The molecule has 1 fully saturated rings. The topological polar surface area (TPSA) is 32.3 Å². The summed E-state index contributed by atoms with van der Waals surface area (Å²) in [4.78, 5) is 0. The quantitative estimate of drug-likeness (QED) is 0.697. The summed E-state index contributed by atoms with van der Waals surface area (Å²) in [7, 11) is 0. The van der Waals surface area contributed by atoms with E-state index in [0.717, 1.165) is 6.54 Å². The largest absolute Gasteiger partial charge is 0.386 e. The number of nitrogens with one attached hydrogen (secondary N) is 1. The molecule has 2 nitrogen and oxygen atoms in total. The molecule has 4 heteroatoms. The highest BCUT2D eigenvalue weighted by molar-refractivity contribution is 4.69. The van der Waals surface area contributed by atoms with E-state index in [4.69, 9.17) is 5.11 Å². The van der Waals surface area contributed by atoms with Gasteiger partial charge in [-0.05, 0) is 25.3 Å². The number of aliphatic hydroxyl groups excluding tert-OH is 1. The second-order valence-corrected chi connectivity index (χ2v) is 4.42. The predicted octanol–water partition coefficient (Wildman–Crippen LogP) is 2.17. The summed E-state index contributed by atoms with van der Waals surface area (Å²) in [6.45, 7) is 0.776. The molecular weight excluding hydrogens is 200 g/mol. The first-order valence-electron chi connectivity index (χ1n) is 5.87. The van der Waals surface area contributed by atoms with E-state index in [1.54, 1.807) is 0 Å². The average molecular weight is 221 g/mol. The molecule has 2 N–H and O–H groups in total. The highest BCUT2D eigenvalue weighted by Crippen LogP contribution is 2.21. The highest BCUT2D eigenvalue weighted by atomic mass is 19.3. The molecule has 90 valence electrons. The minimum Gasteiger partial charge on any atom is -0.386 e. The molecule has 0 bridgehead atoms. The van der Waals surface area contributed by atoms with Crippen molar-refractivity contribution in [1.82, 2.24) is 5.32 Å². The lowest BCUT2D eigenvalue weighted by Gasteiger charge is -2.16. The zero-order valence-electron chi connectivity index (χ0n) is 9.09. The molecule has 15 heavy (non-hydrogen) atoms. The minimum atomic E-state index is -2.63. The molecule has 1 aliphatic carbocycles. The van der Waals surface area contributed by atoms with E-state index in [2.05, 4.69) is 5.32 Å². The third kappa shape index (κ3) is 5.42. The van der Waals surface area contributed by atoms with Gasteiger partial charge in [0.05, 0.1) is 0 Å². The van der Waals surface area contributed by atoms with Gasteiger partial charge in [0, 0.05) is 6.54 Å². The Balaban J connectivity index is 2.07. The van der Waals surface area contributed by atoms with Gasteiger partial charge >= 0.3 is 0 Å². The Bertz CT molecular complexity index is 159. The predicted molar refractivity (Wildman–Crippen MR) is 56.1 cm³/mol. The number of hydrogen-bond acceptors (Lipinski definition) is 2. The second-order valence-electron chi connectivity index (χ2n) is 4.42. The number of halogens is 2. The second kappa shape index (κ2) is 7.12. The van der Waals surface area contributed by atoms with Crippen LogP contribution in [0.2, 0.25) is 0 Å². The molecule has 0 aromatic rings. The van der Waals surface area contributed by atoms with Gasteiger partial charge < -0.3 is 10.4 Å². The van der Waals surface area contributed by atoms with Crippen molar-refractivity contribution in [2.24, 2.45) is 5.92 Å². The lowest BCUT2D eigenvalue weighted by atomic mass is 10.0. The van der Waals surface area contributed by atoms with Gasteiger partial charge in [-0.25, -0.2) is 8.78 Å². The van der Waals surface area contributed by atoms with Crippen LogP contribution in [0.5, 0.6) is 0 Å². The van der Waals surface area contributed by atoms with Gasteiger partial charge in [0.25, 0.3) is 6.43 Å². The lowest BCUT2D eigenvalue weighted by molar-refractivity contribution is -0.00366. The Morgan fingerprint density at radius 1 is 1.13 bits per heavy atom. The monoisotopic (exact) mass is 221 g/mol. The van der Waals surface area contributed by atoms with Crippen LogP contribution >= 0.6 is 0 Å². The van der Waals surface area contributed by atoms with Crippen LogP contribution in [0.25, 0.3) is 0 Å². The molecule has 0 saturated heterocycles. The van der Waals surface area contributed by atoms with E-state index in [1.165, 1.54) is 38.5 Å². The van der Waals surface area contributed by atoms with Gasteiger partial charge in [-0.15, -0.1) is 0 Å². The fourth-order valence-corrected chi connectivity index (χ4v) is 2.09. The van der Waals surface area contributed by atoms with Crippen LogP contribution in [-0.4, -0.2) is 30.7 Å². The Kier molecular flexibility index (Phi) is 6.10. The first-order valence-corrected chi connectivity index (χ1v) is 5.87. The molecule has 0 heterocycles. The SMILES string of the molecule is OC(CNCC1CCCCCC1)C(F)F. The zero-order chi connectivity index (χ0) is 11.1. The van der Waals surface area contributed by atoms with Crippen LogP contribution in [0.15, 0.2) is 0 Å². The Hall–Kier alpha value is -0.220. The van der Waals surface area contributed by atoms with Crippen molar-refractivity contribution < 1.29 is 13.9 Å². The van der Waals surface area contributed by atoms with E-state index in [0.29, 0.717) is 5.92 Å². The van der Waals surface area contributed by atoms with Crippen LogP contribution in [0.4, 0.5) is 8.78 Å². The summed E-state index contributed by atoms with van der Waals surface area (Å²) in [6, 6.07) is 0. The van der Waals surface area contributed by atoms with Gasteiger partial charge in [-0.1, -0.05) is 25.7 Å². The van der Waals surface area contributed by atoms with Crippen LogP contribution in [0.3, 0.4) is 0 Å². The molecule has 1 rings (SSSR count). The number of rotatable bonds is 5. The van der Waals surface area contributed by atoms with E-state index in [9.17, 15) is 8.78 Å². The van der Waals surface area contributed by atoms with Crippen molar-refractivity contribution in [2.45, 2.75) is 51.1 Å². The smallest absolute Gasteiger partial charge is 0.265 e. The van der Waals surface area contributed by atoms with Crippen molar-refractivity contribution in [1.29, 1.82) is 0 Å². The van der Waals surface area contributed by atoms with Gasteiger partial charge in [0.2, 0.25) is 0 Å². The van der Waals surface area contributed by atoms with Crippen molar-refractivity contribution >= 4 is 0 Å². The summed E-state index contributed by atoms with van der Waals surface area (Å²) >= 11 is 0. The summed E-state index contributed by atoms with van der Waals surface area (Å²) in [5.74, 6) is 0.609. The molecule has 1 unspecified atom stereocenters. The summed E-state index contributed by atoms with van der Waals surface area (Å²) in [5.41, 5.74) is 0. The number of aliphatic hydroxyl groups is 1. The van der Waals surface area contributed by atoms with Crippen molar-refractivity contribution in [3.05, 3.63) is 0 Å². The lowest BCUT2D eigenvalue weighted by Crippen LogP contribution is -2.34. The van der Waals surface area contributed by atoms with Gasteiger partial charge in [-0.2, -0.15) is 0 Å². The van der Waals surface area contributed by atoms with Gasteiger partial charge in [0.15, 0.2) is 0 Å². The van der Waals surface area contributed by atoms with E-state index in [1.807, 2.05) is 0 Å². The molecular formula is C11H21F2NO. The standard InChI is InChI=1S/C11H21F2NO/c12-11(13)10(15)8-14-7-9-5-3-1-2-4-6-9/h9-11,14-15H,1-8H2.